The van der Waals surface area contributed by atoms with E-state index in [1.54, 1.807) is 32.0 Å². The SMILES string of the molecule is CCCCCNC(=O)C(C)(C)C(=O)Nc1cccc(C(=O)OC)c1. The first kappa shape index (κ1) is 19.7. The zero-order chi connectivity index (χ0) is 18.2. The first-order chi connectivity index (χ1) is 11.3. The number of nitrogens with one attached hydrogen (secondary N) is 2. The van der Waals surface area contributed by atoms with Gasteiger partial charge in [0.1, 0.15) is 5.41 Å². The molecule has 0 aliphatic carbocycles. The van der Waals surface area contributed by atoms with Gasteiger partial charge in [0, 0.05) is 12.2 Å². The van der Waals surface area contributed by atoms with Crippen molar-refractivity contribution in [3.05, 3.63) is 29.8 Å². The lowest BCUT2D eigenvalue weighted by Gasteiger charge is -2.22. The molecule has 1 rings (SSSR count). The molecule has 2 N–H and O–H groups in total. The molecule has 1 aromatic carbocycles. The molecule has 0 aliphatic heterocycles. The number of ether oxygens (including phenoxy) is 1. The molecule has 0 spiro atoms. The number of carbonyl (C=O) groups is 3. The van der Waals surface area contributed by atoms with E-state index < -0.39 is 17.3 Å². The zero-order valence-electron chi connectivity index (χ0n) is 14.8. The zero-order valence-corrected chi connectivity index (χ0v) is 14.8. The van der Waals surface area contributed by atoms with E-state index in [9.17, 15) is 14.4 Å². The first-order valence-corrected chi connectivity index (χ1v) is 8.11. The Kier molecular flexibility index (Phi) is 7.42. The van der Waals surface area contributed by atoms with Crippen LogP contribution in [-0.4, -0.2) is 31.4 Å². The predicted octanol–water partition coefficient (Wildman–Crippen LogP) is 2.74. The van der Waals surface area contributed by atoms with Crippen LogP contribution in [-0.2, 0) is 14.3 Å². The molecule has 0 radical (unpaired) electrons. The van der Waals surface area contributed by atoms with Crippen molar-refractivity contribution in [1.29, 1.82) is 0 Å². The van der Waals surface area contributed by atoms with E-state index >= 15 is 0 Å². The maximum atomic E-state index is 12.4. The van der Waals surface area contributed by atoms with E-state index in [2.05, 4.69) is 22.3 Å². The van der Waals surface area contributed by atoms with Crippen LogP contribution in [0.25, 0.3) is 0 Å². The van der Waals surface area contributed by atoms with E-state index in [-0.39, 0.29) is 5.91 Å². The summed E-state index contributed by atoms with van der Waals surface area (Å²) >= 11 is 0. The highest BCUT2D eigenvalue weighted by Gasteiger charge is 2.35. The number of rotatable bonds is 8. The van der Waals surface area contributed by atoms with Gasteiger partial charge in [0.25, 0.3) is 0 Å². The molecule has 6 heteroatoms. The molecule has 0 saturated carbocycles. The van der Waals surface area contributed by atoms with Gasteiger partial charge in [-0.1, -0.05) is 25.8 Å². The van der Waals surface area contributed by atoms with E-state index in [1.165, 1.54) is 13.2 Å². The van der Waals surface area contributed by atoms with Crippen molar-refractivity contribution >= 4 is 23.5 Å². The normalized spacial score (nSPS) is 10.8. The van der Waals surface area contributed by atoms with Crippen LogP contribution in [0.3, 0.4) is 0 Å². The second-order valence-electron chi connectivity index (χ2n) is 6.11. The summed E-state index contributed by atoms with van der Waals surface area (Å²) in [5.41, 5.74) is -0.445. The van der Waals surface area contributed by atoms with Crippen LogP contribution in [0.15, 0.2) is 24.3 Å². The van der Waals surface area contributed by atoms with Gasteiger partial charge in [0.2, 0.25) is 11.8 Å². The molecule has 132 valence electrons. The number of benzene rings is 1. The lowest BCUT2D eigenvalue weighted by Crippen LogP contribution is -2.45. The summed E-state index contributed by atoms with van der Waals surface area (Å²) in [6, 6.07) is 6.39. The van der Waals surface area contributed by atoms with Crippen molar-refractivity contribution in [3.63, 3.8) is 0 Å². The summed E-state index contributed by atoms with van der Waals surface area (Å²) in [4.78, 5) is 36.2. The highest BCUT2D eigenvalue weighted by atomic mass is 16.5. The summed E-state index contributed by atoms with van der Waals surface area (Å²) in [5, 5.41) is 5.47. The monoisotopic (exact) mass is 334 g/mol. The molecule has 0 fully saturated rings. The van der Waals surface area contributed by atoms with E-state index in [4.69, 9.17) is 0 Å². The van der Waals surface area contributed by atoms with Gasteiger partial charge < -0.3 is 15.4 Å². The number of esters is 1. The molecule has 0 bridgehead atoms. The van der Waals surface area contributed by atoms with Gasteiger partial charge in [0.05, 0.1) is 12.7 Å². The van der Waals surface area contributed by atoms with E-state index in [0.717, 1.165) is 19.3 Å². The third-order valence-corrected chi connectivity index (χ3v) is 3.74. The van der Waals surface area contributed by atoms with Crippen LogP contribution >= 0.6 is 0 Å². The summed E-state index contributed by atoms with van der Waals surface area (Å²) < 4.78 is 4.65. The Bertz CT molecular complexity index is 596. The van der Waals surface area contributed by atoms with Crippen LogP contribution in [0.1, 0.15) is 50.4 Å². The molecule has 6 nitrogen and oxygen atoms in total. The van der Waals surface area contributed by atoms with Crippen molar-refractivity contribution < 1.29 is 19.1 Å². The van der Waals surface area contributed by atoms with Crippen molar-refractivity contribution in [2.24, 2.45) is 5.41 Å². The molecule has 0 aliphatic rings. The van der Waals surface area contributed by atoms with Crippen molar-refractivity contribution in [1.82, 2.24) is 5.32 Å². The third-order valence-electron chi connectivity index (χ3n) is 3.74. The minimum absolute atomic E-state index is 0.319. The number of hydrogen-bond acceptors (Lipinski definition) is 4. The van der Waals surface area contributed by atoms with Gasteiger partial charge in [-0.2, -0.15) is 0 Å². The average molecular weight is 334 g/mol. The molecule has 0 saturated heterocycles. The molecule has 0 atom stereocenters. The molecule has 0 unspecified atom stereocenters. The standard InChI is InChI=1S/C18H26N2O4/c1-5-6-7-11-19-16(22)18(2,3)17(23)20-14-10-8-9-13(12-14)15(21)24-4/h8-10,12H,5-7,11H2,1-4H3,(H,19,22)(H,20,23). The van der Waals surface area contributed by atoms with Gasteiger partial charge in [0.15, 0.2) is 0 Å². The quantitative estimate of drug-likeness (QED) is 0.435. The van der Waals surface area contributed by atoms with Crippen molar-refractivity contribution in [2.45, 2.75) is 40.0 Å². The summed E-state index contributed by atoms with van der Waals surface area (Å²) in [6.45, 7) is 5.78. The molecule has 0 heterocycles. The summed E-state index contributed by atoms with van der Waals surface area (Å²) in [5.74, 6) is -1.24. The number of methoxy groups -OCH3 is 1. The lowest BCUT2D eigenvalue weighted by molar-refractivity contribution is -0.138. The fraction of sp³-hybridized carbons (Fsp3) is 0.500. The molecule has 1 aromatic rings. The highest BCUT2D eigenvalue weighted by molar-refractivity contribution is 6.10. The van der Waals surface area contributed by atoms with Gasteiger partial charge in [-0.3, -0.25) is 9.59 Å². The fourth-order valence-corrected chi connectivity index (χ4v) is 2.03. The van der Waals surface area contributed by atoms with E-state index in [1.807, 2.05) is 0 Å². The Morgan fingerprint density at radius 1 is 1.12 bits per heavy atom. The Hall–Kier alpha value is -2.37. The fourth-order valence-electron chi connectivity index (χ4n) is 2.03. The minimum Gasteiger partial charge on any atom is -0.465 e. The number of carbonyl (C=O) groups excluding carboxylic acids is 3. The van der Waals surface area contributed by atoms with Crippen LogP contribution < -0.4 is 10.6 Å². The highest BCUT2D eigenvalue weighted by Crippen LogP contribution is 2.20. The van der Waals surface area contributed by atoms with Gasteiger partial charge in [-0.25, -0.2) is 4.79 Å². The molecular formula is C18H26N2O4. The minimum atomic E-state index is -1.21. The van der Waals surface area contributed by atoms with Crippen LogP contribution in [0.4, 0.5) is 5.69 Å². The Balaban J connectivity index is 2.71. The number of anilines is 1. The summed E-state index contributed by atoms with van der Waals surface area (Å²) in [6.07, 6.45) is 2.99. The maximum Gasteiger partial charge on any atom is 0.337 e. The smallest absolute Gasteiger partial charge is 0.337 e. The number of amides is 2. The Morgan fingerprint density at radius 3 is 2.46 bits per heavy atom. The van der Waals surface area contributed by atoms with Crippen molar-refractivity contribution in [2.75, 3.05) is 19.0 Å². The third kappa shape index (κ3) is 5.37. The Labute approximate surface area is 143 Å². The van der Waals surface area contributed by atoms with E-state index in [0.29, 0.717) is 17.8 Å². The molecule has 24 heavy (non-hydrogen) atoms. The predicted molar refractivity (Wildman–Crippen MR) is 92.7 cm³/mol. The maximum absolute atomic E-state index is 12.4. The van der Waals surface area contributed by atoms with Gasteiger partial charge in [-0.15, -0.1) is 0 Å². The van der Waals surface area contributed by atoms with Gasteiger partial charge in [-0.05, 0) is 38.5 Å². The average Bonchev–Trinajstić information content (AvgIpc) is 2.57. The summed E-state index contributed by atoms with van der Waals surface area (Å²) in [7, 11) is 1.29. The van der Waals surface area contributed by atoms with Crippen LogP contribution in [0, 0.1) is 5.41 Å². The second-order valence-corrected chi connectivity index (χ2v) is 6.11. The first-order valence-electron chi connectivity index (χ1n) is 8.11. The van der Waals surface area contributed by atoms with Gasteiger partial charge >= 0.3 is 5.97 Å². The van der Waals surface area contributed by atoms with Crippen LogP contribution in [0.2, 0.25) is 0 Å². The number of hydrogen-bond donors (Lipinski definition) is 2. The molecule has 0 aromatic heterocycles. The molecule has 2 amide bonds. The largest absolute Gasteiger partial charge is 0.465 e. The van der Waals surface area contributed by atoms with Crippen molar-refractivity contribution in [3.8, 4) is 0 Å². The Morgan fingerprint density at radius 2 is 1.83 bits per heavy atom. The molecular weight excluding hydrogens is 308 g/mol. The number of unbranched alkanes of at least 4 members (excludes halogenated alkanes) is 2. The second kappa shape index (κ2) is 9.05. The van der Waals surface area contributed by atoms with Crippen LogP contribution in [0.5, 0.6) is 0 Å². The topological polar surface area (TPSA) is 84.5 Å². The lowest BCUT2D eigenvalue weighted by atomic mass is 9.90.